The number of esters is 1. The van der Waals surface area contributed by atoms with Gasteiger partial charge in [-0.05, 0) is 25.3 Å². The molecule has 0 N–H and O–H groups in total. The van der Waals surface area contributed by atoms with E-state index in [1.807, 2.05) is 12.2 Å². The lowest BCUT2D eigenvalue weighted by Crippen LogP contribution is -1.99. The standard InChI is InChI=1S/C12H14O2/c1-2-3-8-11-9-6-4-5-7-10(9)12(13)14-11/h4,6,8H,2-3,5,7H2,1H3/b11-8-. The fourth-order valence-corrected chi connectivity index (χ4v) is 1.75. The van der Waals surface area contributed by atoms with Crippen molar-refractivity contribution in [3.63, 3.8) is 0 Å². The van der Waals surface area contributed by atoms with Crippen molar-refractivity contribution in [2.75, 3.05) is 0 Å². The van der Waals surface area contributed by atoms with Crippen molar-refractivity contribution in [1.82, 2.24) is 0 Å². The molecule has 0 atom stereocenters. The third-order valence-electron chi connectivity index (χ3n) is 2.50. The van der Waals surface area contributed by atoms with E-state index in [9.17, 15) is 4.79 Å². The smallest absolute Gasteiger partial charge is 0.340 e. The number of hydrogen-bond acceptors (Lipinski definition) is 2. The van der Waals surface area contributed by atoms with Gasteiger partial charge in [0.25, 0.3) is 0 Å². The van der Waals surface area contributed by atoms with Gasteiger partial charge in [-0.1, -0.05) is 25.5 Å². The van der Waals surface area contributed by atoms with Crippen LogP contribution in [-0.4, -0.2) is 5.97 Å². The second kappa shape index (κ2) is 3.82. The second-order valence-electron chi connectivity index (χ2n) is 3.58. The first-order chi connectivity index (χ1) is 6.83. The van der Waals surface area contributed by atoms with Gasteiger partial charge in [-0.2, -0.15) is 0 Å². The number of hydrogen-bond donors (Lipinski definition) is 0. The zero-order chi connectivity index (χ0) is 9.97. The molecule has 2 heteroatoms. The summed E-state index contributed by atoms with van der Waals surface area (Å²) >= 11 is 0. The van der Waals surface area contributed by atoms with Crippen molar-refractivity contribution in [3.8, 4) is 0 Å². The number of allylic oxidation sites excluding steroid dienone is 3. The Hall–Kier alpha value is -1.31. The summed E-state index contributed by atoms with van der Waals surface area (Å²) in [5.74, 6) is 0.620. The first-order valence-corrected chi connectivity index (χ1v) is 5.15. The first-order valence-electron chi connectivity index (χ1n) is 5.15. The third kappa shape index (κ3) is 1.52. The van der Waals surface area contributed by atoms with Crippen LogP contribution in [-0.2, 0) is 9.53 Å². The number of ether oxygens (including phenoxy) is 1. The van der Waals surface area contributed by atoms with Gasteiger partial charge in [0, 0.05) is 11.1 Å². The third-order valence-corrected chi connectivity index (χ3v) is 2.50. The lowest BCUT2D eigenvalue weighted by molar-refractivity contribution is -0.133. The van der Waals surface area contributed by atoms with Crippen molar-refractivity contribution in [1.29, 1.82) is 0 Å². The lowest BCUT2D eigenvalue weighted by Gasteiger charge is -2.03. The highest BCUT2D eigenvalue weighted by molar-refractivity contribution is 5.95. The van der Waals surface area contributed by atoms with Crippen LogP contribution < -0.4 is 0 Å². The van der Waals surface area contributed by atoms with E-state index < -0.39 is 0 Å². The summed E-state index contributed by atoms with van der Waals surface area (Å²) in [6, 6.07) is 0. The molecule has 1 aliphatic heterocycles. The van der Waals surface area contributed by atoms with Gasteiger partial charge in [-0.3, -0.25) is 0 Å². The van der Waals surface area contributed by atoms with E-state index >= 15 is 0 Å². The van der Waals surface area contributed by atoms with E-state index in [0.717, 1.165) is 42.6 Å². The zero-order valence-corrected chi connectivity index (χ0v) is 8.38. The Bertz CT molecular complexity index is 345. The van der Waals surface area contributed by atoms with Crippen LogP contribution in [0.5, 0.6) is 0 Å². The number of rotatable bonds is 2. The molecular weight excluding hydrogens is 176 g/mol. The molecule has 0 fully saturated rings. The highest BCUT2D eigenvalue weighted by Gasteiger charge is 2.28. The molecule has 2 nitrogen and oxygen atoms in total. The van der Waals surface area contributed by atoms with Crippen LogP contribution in [0.25, 0.3) is 0 Å². The van der Waals surface area contributed by atoms with Gasteiger partial charge in [-0.15, -0.1) is 0 Å². The van der Waals surface area contributed by atoms with Gasteiger partial charge in [-0.25, -0.2) is 4.79 Å². The quantitative estimate of drug-likeness (QED) is 0.626. The molecule has 14 heavy (non-hydrogen) atoms. The van der Waals surface area contributed by atoms with Gasteiger partial charge < -0.3 is 4.74 Å². The molecule has 1 aliphatic carbocycles. The van der Waals surface area contributed by atoms with E-state index in [0.29, 0.717) is 0 Å². The molecule has 74 valence electrons. The maximum absolute atomic E-state index is 11.4. The van der Waals surface area contributed by atoms with Gasteiger partial charge in [0.1, 0.15) is 5.76 Å². The molecule has 2 aliphatic rings. The minimum Gasteiger partial charge on any atom is -0.423 e. The summed E-state index contributed by atoms with van der Waals surface area (Å²) in [6.07, 6.45) is 9.94. The molecule has 0 spiro atoms. The van der Waals surface area contributed by atoms with Crippen LogP contribution in [0.1, 0.15) is 32.6 Å². The fourth-order valence-electron chi connectivity index (χ4n) is 1.75. The largest absolute Gasteiger partial charge is 0.423 e. The summed E-state index contributed by atoms with van der Waals surface area (Å²) in [4.78, 5) is 11.4. The van der Waals surface area contributed by atoms with Crippen LogP contribution in [0.4, 0.5) is 0 Å². The Morgan fingerprint density at radius 1 is 1.57 bits per heavy atom. The monoisotopic (exact) mass is 190 g/mol. The normalized spacial score (nSPS) is 22.9. The van der Waals surface area contributed by atoms with Crippen molar-refractivity contribution < 1.29 is 9.53 Å². The van der Waals surface area contributed by atoms with Gasteiger partial charge >= 0.3 is 5.97 Å². The molecule has 1 heterocycles. The van der Waals surface area contributed by atoms with Crippen LogP contribution in [0.3, 0.4) is 0 Å². The molecule has 2 rings (SSSR count). The van der Waals surface area contributed by atoms with Crippen LogP contribution in [0.15, 0.2) is 35.1 Å². The summed E-state index contributed by atoms with van der Waals surface area (Å²) in [5, 5.41) is 0. The van der Waals surface area contributed by atoms with Gasteiger partial charge in [0.05, 0.1) is 0 Å². The maximum atomic E-state index is 11.4. The molecule has 0 aromatic rings. The summed E-state index contributed by atoms with van der Waals surface area (Å²) in [7, 11) is 0. The fraction of sp³-hybridized carbons (Fsp3) is 0.417. The number of carbonyl (C=O) groups excluding carboxylic acids is 1. The Labute approximate surface area is 83.9 Å². The molecule has 0 saturated carbocycles. The predicted molar refractivity (Wildman–Crippen MR) is 54.5 cm³/mol. The molecule has 0 radical (unpaired) electrons. The number of carbonyl (C=O) groups is 1. The Morgan fingerprint density at radius 2 is 2.43 bits per heavy atom. The summed E-state index contributed by atoms with van der Waals surface area (Å²) in [5.41, 5.74) is 1.87. The number of unbranched alkanes of at least 4 members (excludes halogenated alkanes) is 1. The van der Waals surface area contributed by atoms with Gasteiger partial charge in [0.2, 0.25) is 0 Å². The molecule has 0 amide bonds. The zero-order valence-electron chi connectivity index (χ0n) is 8.38. The Morgan fingerprint density at radius 3 is 3.21 bits per heavy atom. The van der Waals surface area contributed by atoms with Crippen molar-refractivity contribution >= 4 is 5.97 Å². The highest BCUT2D eigenvalue weighted by atomic mass is 16.5. The Kier molecular flexibility index (Phi) is 2.53. The molecule has 0 aromatic heterocycles. The molecule has 0 saturated heterocycles. The van der Waals surface area contributed by atoms with E-state index in [1.165, 1.54) is 0 Å². The Balaban J connectivity index is 2.28. The van der Waals surface area contributed by atoms with E-state index in [-0.39, 0.29) is 5.97 Å². The highest BCUT2D eigenvalue weighted by Crippen LogP contribution is 2.33. The van der Waals surface area contributed by atoms with Crippen LogP contribution in [0.2, 0.25) is 0 Å². The van der Waals surface area contributed by atoms with Crippen molar-refractivity contribution in [2.24, 2.45) is 0 Å². The van der Waals surface area contributed by atoms with Crippen LogP contribution >= 0.6 is 0 Å². The van der Waals surface area contributed by atoms with E-state index in [2.05, 4.69) is 13.0 Å². The molecule has 0 aromatic carbocycles. The van der Waals surface area contributed by atoms with E-state index in [1.54, 1.807) is 0 Å². The minimum atomic E-state index is -0.147. The second-order valence-corrected chi connectivity index (χ2v) is 3.58. The van der Waals surface area contributed by atoms with Crippen molar-refractivity contribution in [2.45, 2.75) is 32.6 Å². The lowest BCUT2D eigenvalue weighted by atomic mass is 9.98. The minimum absolute atomic E-state index is 0.147. The molecule has 0 bridgehead atoms. The topological polar surface area (TPSA) is 26.3 Å². The van der Waals surface area contributed by atoms with E-state index in [4.69, 9.17) is 4.74 Å². The molecular formula is C12H14O2. The first kappa shape index (κ1) is 9.25. The number of cyclic esters (lactones) is 1. The summed E-state index contributed by atoms with van der Waals surface area (Å²) < 4.78 is 5.21. The van der Waals surface area contributed by atoms with Crippen molar-refractivity contribution in [3.05, 3.63) is 35.1 Å². The average Bonchev–Trinajstić information content (AvgIpc) is 2.54. The predicted octanol–water partition coefficient (Wildman–Crippen LogP) is 2.87. The summed E-state index contributed by atoms with van der Waals surface area (Å²) in [6.45, 7) is 2.11. The SMILES string of the molecule is CCC/C=C1\OC(=O)C2=C1C=CCC2. The average molecular weight is 190 g/mol. The van der Waals surface area contributed by atoms with Crippen LogP contribution in [0, 0.1) is 0 Å². The van der Waals surface area contributed by atoms with Gasteiger partial charge in [0.15, 0.2) is 0 Å². The maximum Gasteiger partial charge on any atom is 0.340 e. The molecule has 0 unspecified atom stereocenters.